The molecule has 0 amide bonds. The monoisotopic (exact) mass is 403 g/mol. The maximum Gasteiger partial charge on any atom is 0.224 e. The number of nitrogens with zero attached hydrogens (tertiary/aromatic N) is 3. The number of nitrogens with one attached hydrogen (secondary N) is 2. The van der Waals surface area contributed by atoms with Crippen LogP contribution in [-0.4, -0.2) is 42.1 Å². The molecule has 0 atom stereocenters. The summed E-state index contributed by atoms with van der Waals surface area (Å²) in [5.41, 5.74) is 3.38. The Morgan fingerprint density at radius 2 is 2.04 bits per heavy atom. The second kappa shape index (κ2) is 8.15. The van der Waals surface area contributed by atoms with Crippen molar-refractivity contribution in [3.63, 3.8) is 0 Å². The van der Waals surface area contributed by atoms with E-state index in [0.717, 1.165) is 47.1 Å². The largest absolute Gasteiger partial charge is 0.354 e. The molecule has 5 nitrogen and oxygen atoms in total. The minimum atomic E-state index is 0.592. The van der Waals surface area contributed by atoms with Gasteiger partial charge in [-0.05, 0) is 64.5 Å². The highest BCUT2D eigenvalue weighted by atomic mass is 79.9. The Morgan fingerprint density at radius 3 is 2.76 bits per heavy atom. The smallest absolute Gasteiger partial charge is 0.224 e. The molecule has 134 valence electrons. The molecular weight excluding hydrogens is 378 g/mol. The molecule has 6 heteroatoms. The van der Waals surface area contributed by atoms with E-state index >= 15 is 0 Å². The quantitative estimate of drug-likeness (QED) is 0.633. The molecule has 0 radical (unpaired) electrons. The molecule has 1 saturated carbocycles. The van der Waals surface area contributed by atoms with Gasteiger partial charge in [-0.1, -0.05) is 22.0 Å². The van der Waals surface area contributed by atoms with Gasteiger partial charge in [0.2, 0.25) is 5.95 Å². The number of anilines is 3. The minimum Gasteiger partial charge on any atom is -0.354 e. The lowest BCUT2D eigenvalue weighted by Gasteiger charge is -2.14. The van der Waals surface area contributed by atoms with Crippen LogP contribution in [0.1, 0.15) is 36.4 Å². The number of aromatic nitrogens is 2. The summed E-state index contributed by atoms with van der Waals surface area (Å²) in [6, 6.07) is 8.24. The Balaban J connectivity index is 1.75. The average molecular weight is 404 g/mol. The summed E-state index contributed by atoms with van der Waals surface area (Å²) in [5, 5.41) is 6.83. The molecule has 0 saturated heterocycles. The van der Waals surface area contributed by atoms with E-state index in [2.05, 4.69) is 69.6 Å². The third-order valence-corrected chi connectivity index (χ3v) is 5.20. The van der Waals surface area contributed by atoms with Crippen LogP contribution in [0.15, 0.2) is 28.7 Å². The van der Waals surface area contributed by atoms with Gasteiger partial charge in [0, 0.05) is 28.7 Å². The van der Waals surface area contributed by atoms with Crippen LogP contribution < -0.4 is 10.6 Å². The molecule has 0 unspecified atom stereocenters. The second-order valence-electron chi connectivity index (χ2n) is 6.90. The molecule has 1 aromatic carbocycles. The molecule has 0 spiro atoms. The fourth-order valence-electron chi connectivity index (χ4n) is 2.67. The summed E-state index contributed by atoms with van der Waals surface area (Å²) in [5.74, 6) is 2.17. The van der Waals surface area contributed by atoms with E-state index in [9.17, 15) is 0 Å². The molecular formula is C19H26BrN5. The van der Waals surface area contributed by atoms with Crippen molar-refractivity contribution in [1.82, 2.24) is 14.9 Å². The second-order valence-corrected chi connectivity index (χ2v) is 7.75. The lowest BCUT2D eigenvalue weighted by Crippen LogP contribution is -2.17. The van der Waals surface area contributed by atoms with Crippen molar-refractivity contribution in [2.45, 2.75) is 32.1 Å². The molecule has 1 heterocycles. The summed E-state index contributed by atoms with van der Waals surface area (Å²) in [6.45, 7) is 4.02. The highest BCUT2D eigenvalue weighted by Crippen LogP contribution is 2.40. The first-order valence-corrected chi connectivity index (χ1v) is 9.62. The zero-order valence-corrected chi connectivity index (χ0v) is 16.7. The fraction of sp³-hybridized carbons (Fsp3) is 0.474. The minimum absolute atomic E-state index is 0.592. The zero-order valence-electron chi connectivity index (χ0n) is 15.1. The van der Waals surface area contributed by atoms with E-state index < -0.39 is 0 Å². The third kappa shape index (κ3) is 5.16. The van der Waals surface area contributed by atoms with E-state index in [0.29, 0.717) is 5.92 Å². The molecule has 1 fully saturated rings. The first kappa shape index (κ1) is 18.1. The Bertz CT molecular complexity index is 728. The maximum absolute atomic E-state index is 4.71. The standard InChI is InChI=1S/C19H26BrN5/c1-13-15(20)6-4-7-16(13)22-18-12-17(14-8-9-14)23-19(24-18)21-10-5-11-25(2)3/h4,6-7,12,14H,5,8-11H2,1-3H3,(H2,21,22,23,24). The van der Waals surface area contributed by atoms with Crippen LogP contribution >= 0.6 is 15.9 Å². The van der Waals surface area contributed by atoms with Crippen LogP contribution in [0.4, 0.5) is 17.5 Å². The van der Waals surface area contributed by atoms with E-state index in [4.69, 9.17) is 4.98 Å². The summed E-state index contributed by atoms with van der Waals surface area (Å²) >= 11 is 3.59. The first-order valence-electron chi connectivity index (χ1n) is 8.82. The van der Waals surface area contributed by atoms with Crippen molar-refractivity contribution in [3.8, 4) is 0 Å². The fourth-order valence-corrected chi connectivity index (χ4v) is 3.04. The number of hydrogen-bond acceptors (Lipinski definition) is 5. The van der Waals surface area contributed by atoms with Gasteiger partial charge in [0.25, 0.3) is 0 Å². The van der Waals surface area contributed by atoms with Crippen LogP contribution in [0, 0.1) is 6.92 Å². The lowest BCUT2D eigenvalue weighted by molar-refractivity contribution is 0.405. The highest BCUT2D eigenvalue weighted by molar-refractivity contribution is 9.10. The summed E-state index contributed by atoms with van der Waals surface area (Å²) in [7, 11) is 4.18. The van der Waals surface area contributed by atoms with Crippen LogP contribution in [0.5, 0.6) is 0 Å². The average Bonchev–Trinajstić information content (AvgIpc) is 3.41. The number of halogens is 1. The van der Waals surface area contributed by atoms with Gasteiger partial charge in [-0.15, -0.1) is 0 Å². The summed E-state index contributed by atoms with van der Waals surface area (Å²) in [6.07, 6.45) is 3.52. The SMILES string of the molecule is Cc1c(Br)cccc1Nc1cc(C2CC2)nc(NCCCN(C)C)n1. The van der Waals surface area contributed by atoms with Gasteiger partial charge in [-0.2, -0.15) is 4.98 Å². The molecule has 2 N–H and O–H groups in total. The highest BCUT2D eigenvalue weighted by Gasteiger charge is 2.26. The van der Waals surface area contributed by atoms with Crippen molar-refractivity contribution < 1.29 is 0 Å². The van der Waals surface area contributed by atoms with Gasteiger partial charge in [0.15, 0.2) is 0 Å². The van der Waals surface area contributed by atoms with Crippen molar-refractivity contribution >= 4 is 33.4 Å². The van der Waals surface area contributed by atoms with E-state index in [-0.39, 0.29) is 0 Å². The summed E-state index contributed by atoms with van der Waals surface area (Å²) < 4.78 is 1.09. The van der Waals surface area contributed by atoms with Gasteiger partial charge in [-0.25, -0.2) is 4.98 Å². The predicted octanol–water partition coefficient (Wildman–Crippen LogP) is 4.53. The Kier molecular flexibility index (Phi) is 5.91. The lowest BCUT2D eigenvalue weighted by atomic mass is 10.2. The van der Waals surface area contributed by atoms with Crippen LogP contribution in [0.25, 0.3) is 0 Å². The van der Waals surface area contributed by atoms with Crippen molar-refractivity contribution in [3.05, 3.63) is 40.0 Å². The molecule has 25 heavy (non-hydrogen) atoms. The van der Waals surface area contributed by atoms with Crippen LogP contribution in [-0.2, 0) is 0 Å². The van der Waals surface area contributed by atoms with Crippen molar-refractivity contribution in [1.29, 1.82) is 0 Å². The maximum atomic E-state index is 4.71. The molecule has 2 aromatic rings. The predicted molar refractivity (Wildman–Crippen MR) is 108 cm³/mol. The number of hydrogen-bond donors (Lipinski definition) is 2. The topological polar surface area (TPSA) is 53.1 Å². The van der Waals surface area contributed by atoms with Gasteiger partial charge >= 0.3 is 0 Å². The molecule has 0 aliphatic heterocycles. The third-order valence-electron chi connectivity index (χ3n) is 4.34. The van der Waals surface area contributed by atoms with E-state index in [1.54, 1.807) is 0 Å². The molecule has 3 rings (SSSR count). The van der Waals surface area contributed by atoms with Crippen molar-refractivity contribution in [2.75, 3.05) is 37.8 Å². The van der Waals surface area contributed by atoms with Gasteiger partial charge in [-0.3, -0.25) is 0 Å². The first-order chi connectivity index (χ1) is 12.0. The van der Waals surface area contributed by atoms with Crippen LogP contribution in [0.3, 0.4) is 0 Å². The molecule has 1 aromatic heterocycles. The Hall–Kier alpha value is -1.66. The zero-order chi connectivity index (χ0) is 17.8. The number of benzene rings is 1. The molecule has 1 aliphatic rings. The Labute approximate surface area is 158 Å². The number of rotatable bonds is 8. The van der Waals surface area contributed by atoms with E-state index in [1.165, 1.54) is 18.4 Å². The van der Waals surface area contributed by atoms with Crippen LogP contribution in [0.2, 0.25) is 0 Å². The molecule has 1 aliphatic carbocycles. The van der Waals surface area contributed by atoms with Crippen molar-refractivity contribution in [2.24, 2.45) is 0 Å². The Morgan fingerprint density at radius 1 is 1.24 bits per heavy atom. The van der Waals surface area contributed by atoms with Gasteiger partial charge in [0.05, 0.1) is 5.69 Å². The normalized spacial score (nSPS) is 14.0. The van der Waals surface area contributed by atoms with Gasteiger partial charge in [0.1, 0.15) is 5.82 Å². The van der Waals surface area contributed by atoms with Gasteiger partial charge < -0.3 is 15.5 Å². The summed E-state index contributed by atoms with van der Waals surface area (Å²) in [4.78, 5) is 11.6. The van der Waals surface area contributed by atoms with E-state index in [1.807, 2.05) is 12.1 Å². The molecule has 0 bridgehead atoms.